The van der Waals surface area contributed by atoms with E-state index in [4.69, 9.17) is 5.73 Å². The lowest BCUT2D eigenvalue weighted by atomic mass is 10.0. The van der Waals surface area contributed by atoms with Crippen molar-refractivity contribution in [3.8, 4) is 0 Å². The van der Waals surface area contributed by atoms with Gasteiger partial charge in [0.25, 0.3) is 0 Å². The summed E-state index contributed by atoms with van der Waals surface area (Å²) in [6.07, 6.45) is 23.2. The van der Waals surface area contributed by atoms with E-state index >= 15 is 0 Å². The van der Waals surface area contributed by atoms with Crippen LogP contribution < -0.4 is 10.6 Å². The molecule has 0 aliphatic carbocycles. The van der Waals surface area contributed by atoms with Crippen LogP contribution in [-0.2, 0) is 0 Å². The quantitative estimate of drug-likeness (QED) is 0.160. The van der Waals surface area contributed by atoms with Gasteiger partial charge >= 0.3 is 6.09 Å². The van der Waals surface area contributed by atoms with Crippen molar-refractivity contribution in [3.63, 3.8) is 0 Å². The molecule has 0 aromatic heterocycles. The van der Waals surface area contributed by atoms with E-state index in [-0.39, 0.29) is 0 Å². The fourth-order valence-corrected chi connectivity index (χ4v) is 4.16. The fraction of sp³-hybridized carbons (Fsp3) is 0.741. The van der Waals surface area contributed by atoms with Crippen LogP contribution in [0.15, 0.2) is 24.3 Å². The highest BCUT2D eigenvalue weighted by Gasteiger charge is 2.13. The number of carbonyl (C=O) groups is 1. The molecule has 0 unspecified atom stereocenters. The SMILES string of the molecule is CCCCCCCCCCCCCCCCCCCCN(C(=O)O)c1ccc(N)cc1. The molecule has 0 saturated carbocycles. The minimum absolute atomic E-state index is 0.554. The molecule has 1 rings (SSSR count). The van der Waals surface area contributed by atoms with Crippen LogP contribution in [0.2, 0.25) is 0 Å². The molecule has 0 aliphatic rings. The molecule has 0 aliphatic heterocycles. The summed E-state index contributed by atoms with van der Waals surface area (Å²) in [7, 11) is 0. The maximum Gasteiger partial charge on any atom is 0.411 e. The van der Waals surface area contributed by atoms with Gasteiger partial charge in [-0.2, -0.15) is 0 Å². The van der Waals surface area contributed by atoms with Gasteiger partial charge in [0, 0.05) is 17.9 Å². The Balaban J connectivity index is 1.88. The molecule has 0 bridgehead atoms. The largest absolute Gasteiger partial charge is 0.465 e. The van der Waals surface area contributed by atoms with E-state index in [9.17, 15) is 9.90 Å². The van der Waals surface area contributed by atoms with E-state index in [1.165, 1.54) is 108 Å². The number of benzene rings is 1. The summed E-state index contributed by atoms with van der Waals surface area (Å²) in [4.78, 5) is 12.9. The van der Waals surface area contributed by atoms with Crippen molar-refractivity contribution in [1.29, 1.82) is 0 Å². The van der Waals surface area contributed by atoms with Crippen LogP contribution in [0.1, 0.15) is 122 Å². The first-order chi connectivity index (χ1) is 15.1. The molecule has 1 aromatic carbocycles. The van der Waals surface area contributed by atoms with Crippen LogP contribution in [-0.4, -0.2) is 17.7 Å². The molecular formula is C27H48N2O2. The average molecular weight is 433 g/mol. The molecule has 4 heteroatoms. The second-order valence-electron chi connectivity index (χ2n) is 9.04. The summed E-state index contributed by atoms with van der Waals surface area (Å²) in [6, 6.07) is 7.05. The molecule has 0 atom stereocenters. The van der Waals surface area contributed by atoms with E-state index in [1.54, 1.807) is 24.3 Å². The highest BCUT2D eigenvalue weighted by atomic mass is 16.4. The van der Waals surface area contributed by atoms with E-state index in [1.807, 2.05) is 0 Å². The lowest BCUT2D eigenvalue weighted by molar-refractivity contribution is 0.201. The van der Waals surface area contributed by atoms with Gasteiger partial charge in [-0.05, 0) is 30.7 Å². The molecule has 1 aromatic rings. The Morgan fingerprint density at radius 3 is 1.39 bits per heavy atom. The number of carboxylic acid groups (broad SMARTS) is 1. The minimum atomic E-state index is -0.892. The van der Waals surface area contributed by atoms with Gasteiger partial charge in [0.15, 0.2) is 0 Å². The summed E-state index contributed by atoms with van der Waals surface area (Å²) in [5, 5.41) is 9.43. The monoisotopic (exact) mass is 432 g/mol. The smallest absolute Gasteiger partial charge is 0.411 e. The van der Waals surface area contributed by atoms with Gasteiger partial charge in [-0.25, -0.2) is 4.79 Å². The second kappa shape index (κ2) is 19.0. The fourth-order valence-electron chi connectivity index (χ4n) is 4.16. The minimum Gasteiger partial charge on any atom is -0.465 e. The standard InChI is InChI=1S/C27H48N2O2/c1-2-3-4-5-6-7-8-9-10-11-12-13-14-15-16-17-18-19-24-29(27(30)31)26-22-20-25(28)21-23-26/h20-23H,2-19,24,28H2,1H3,(H,30,31). The highest BCUT2D eigenvalue weighted by Crippen LogP contribution is 2.18. The van der Waals surface area contributed by atoms with Crippen molar-refractivity contribution in [3.05, 3.63) is 24.3 Å². The van der Waals surface area contributed by atoms with Crippen molar-refractivity contribution in [2.45, 2.75) is 122 Å². The van der Waals surface area contributed by atoms with E-state index in [0.717, 1.165) is 12.8 Å². The zero-order chi connectivity index (χ0) is 22.6. The van der Waals surface area contributed by atoms with E-state index in [0.29, 0.717) is 17.9 Å². The van der Waals surface area contributed by atoms with Crippen LogP contribution >= 0.6 is 0 Å². The summed E-state index contributed by atoms with van der Waals surface area (Å²) < 4.78 is 0. The van der Waals surface area contributed by atoms with Gasteiger partial charge in [0.1, 0.15) is 0 Å². The second-order valence-corrected chi connectivity index (χ2v) is 9.04. The normalized spacial score (nSPS) is 11.0. The third-order valence-corrected chi connectivity index (χ3v) is 6.17. The first-order valence-electron chi connectivity index (χ1n) is 13.0. The maximum atomic E-state index is 11.5. The number of nitrogens with two attached hydrogens (primary N) is 1. The van der Waals surface area contributed by atoms with Gasteiger partial charge in [-0.1, -0.05) is 116 Å². The summed E-state index contributed by atoms with van der Waals surface area (Å²) in [6.45, 7) is 2.83. The third-order valence-electron chi connectivity index (χ3n) is 6.17. The topological polar surface area (TPSA) is 66.6 Å². The van der Waals surface area contributed by atoms with Crippen LogP contribution in [0.5, 0.6) is 0 Å². The number of nitrogen functional groups attached to an aromatic ring is 1. The van der Waals surface area contributed by atoms with Gasteiger partial charge in [-0.3, -0.25) is 4.90 Å². The number of amides is 1. The van der Waals surface area contributed by atoms with Crippen molar-refractivity contribution < 1.29 is 9.90 Å². The number of hydrogen-bond acceptors (Lipinski definition) is 2. The van der Waals surface area contributed by atoms with Gasteiger partial charge in [-0.15, -0.1) is 0 Å². The van der Waals surface area contributed by atoms with Crippen LogP contribution in [0.3, 0.4) is 0 Å². The van der Waals surface area contributed by atoms with Crippen molar-refractivity contribution in [1.82, 2.24) is 0 Å². The number of nitrogens with zero attached hydrogens (tertiary/aromatic N) is 1. The number of rotatable bonds is 20. The number of hydrogen-bond donors (Lipinski definition) is 2. The molecular weight excluding hydrogens is 384 g/mol. The molecule has 0 heterocycles. The molecule has 0 radical (unpaired) electrons. The average Bonchev–Trinajstić information content (AvgIpc) is 2.76. The molecule has 1 amide bonds. The molecule has 0 saturated heterocycles. The molecule has 178 valence electrons. The Morgan fingerprint density at radius 2 is 1.03 bits per heavy atom. The Kier molecular flexibility index (Phi) is 16.8. The molecule has 0 spiro atoms. The van der Waals surface area contributed by atoms with Crippen LogP contribution in [0.25, 0.3) is 0 Å². The summed E-state index contributed by atoms with van der Waals surface area (Å²) >= 11 is 0. The Labute approximate surface area is 191 Å². The zero-order valence-corrected chi connectivity index (χ0v) is 20.1. The Morgan fingerprint density at radius 1 is 0.677 bits per heavy atom. The lowest BCUT2D eigenvalue weighted by Gasteiger charge is -2.19. The zero-order valence-electron chi connectivity index (χ0n) is 20.1. The maximum absolute atomic E-state index is 11.5. The number of unbranched alkanes of at least 4 members (excludes halogenated alkanes) is 17. The molecule has 0 fully saturated rings. The predicted octanol–water partition coefficient (Wildman–Crippen LogP) is 8.79. The Bertz CT molecular complexity index is 545. The van der Waals surface area contributed by atoms with E-state index in [2.05, 4.69) is 6.92 Å². The molecule has 3 N–H and O–H groups in total. The predicted molar refractivity (Wildman–Crippen MR) is 135 cm³/mol. The van der Waals surface area contributed by atoms with Crippen molar-refractivity contribution >= 4 is 17.5 Å². The van der Waals surface area contributed by atoms with Crippen LogP contribution in [0, 0.1) is 0 Å². The van der Waals surface area contributed by atoms with Crippen molar-refractivity contribution in [2.24, 2.45) is 0 Å². The molecule has 31 heavy (non-hydrogen) atoms. The lowest BCUT2D eigenvalue weighted by Crippen LogP contribution is -2.30. The summed E-state index contributed by atoms with van der Waals surface area (Å²) in [5.74, 6) is 0. The summed E-state index contributed by atoms with van der Waals surface area (Å²) in [5.41, 5.74) is 7.04. The van der Waals surface area contributed by atoms with E-state index < -0.39 is 6.09 Å². The third kappa shape index (κ3) is 14.8. The van der Waals surface area contributed by atoms with Gasteiger partial charge in [0.2, 0.25) is 0 Å². The highest BCUT2D eigenvalue weighted by molar-refractivity contribution is 5.86. The van der Waals surface area contributed by atoms with Crippen LogP contribution in [0.4, 0.5) is 16.2 Å². The van der Waals surface area contributed by atoms with Gasteiger partial charge < -0.3 is 10.8 Å². The van der Waals surface area contributed by atoms with Gasteiger partial charge in [0.05, 0.1) is 0 Å². The first-order valence-corrected chi connectivity index (χ1v) is 13.0. The number of anilines is 2. The van der Waals surface area contributed by atoms with Crippen molar-refractivity contribution in [2.75, 3.05) is 17.2 Å². The Hall–Kier alpha value is -1.71. The molecule has 4 nitrogen and oxygen atoms in total. The first kappa shape index (κ1) is 27.3.